The number of carbonyl (C=O) groups excluding carboxylic acids is 2. The molecule has 0 amide bonds. The SMILES string of the molecule is CC(=O)CN1CCN(O)CC1.CC(=O)CN1CCN(O)CC1.COS(=O)CN1CCN(O)CC1.COS(=O)CN1CCN(O)CC1. The molecule has 0 aliphatic carbocycles. The van der Waals surface area contributed by atoms with E-state index < -0.39 is 22.2 Å². The number of hydrogen-bond acceptors (Lipinski definition) is 18. The topological polar surface area (TPSA) is 194 Å². The number of piperazine rings is 4. The highest BCUT2D eigenvalue weighted by atomic mass is 32.2. The summed E-state index contributed by atoms with van der Waals surface area (Å²) in [6.45, 7) is 15.4. The highest BCUT2D eigenvalue weighted by molar-refractivity contribution is 7.80. The third-order valence-corrected chi connectivity index (χ3v) is 9.13. The molecule has 4 saturated heterocycles. The van der Waals surface area contributed by atoms with Gasteiger partial charge in [0.05, 0.1) is 27.3 Å². The van der Waals surface area contributed by atoms with E-state index in [4.69, 9.17) is 20.8 Å². The quantitative estimate of drug-likeness (QED) is 0.189. The average molecular weight is 705 g/mol. The molecule has 20 heteroatoms. The number of hydrogen-bond donors (Lipinski definition) is 4. The van der Waals surface area contributed by atoms with Crippen LogP contribution in [0.1, 0.15) is 13.8 Å². The molecule has 0 bridgehead atoms. The fraction of sp³-hybridized carbons (Fsp3) is 0.923. The molecule has 2 unspecified atom stereocenters. The van der Waals surface area contributed by atoms with Crippen LogP contribution < -0.4 is 0 Å². The van der Waals surface area contributed by atoms with Crippen LogP contribution in [0.25, 0.3) is 0 Å². The van der Waals surface area contributed by atoms with Crippen LogP contribution in [-0.2, 0) is 40.1 Å². The molecule has 0 spiro atoms. The largest absolute Gasteiger partial charge is 0.314 e. The number of nitrogens with zero attached hydrogens (tertiary/aromatic N) is 8. The van der Waals surface area contributed by atoms with E-state index in [-0.39, 0.29) is 11.6 Å². The first-order valence-corrected chi connectivity index (χ1v) is 17.8. The fourth-order valence-corrected chi connectivity index (χ4v) is 5.88. The van der Waals surface area contributed by atoms with E-state index in [0.717, 1.165) is 52.4 Å². The minimum absolute atomic E-state index is 0.191. The molecule has 4 N–H and O–H groups in total. The lowest BCUT2D eigenvalue weighted by Crippen LogP contribution is -2.46. The average Bonchev–Trinajstić information content (AvgIpc) is 3.02. The van der Waals surface area contributed by atoms with Crippen LogP contribution in [0.3, 0.4) is 0 Å². The molecule has 46 heavy (non-hydrogen) atoms. The summed E-state index contributed by atoms with van der Waals surface area (Å²) < 4.78 is 31.1. The van der Waals surface area contributed by atoms with Crippen molar-refractivity contribution in [3.8, 4) is 0 Å². The second kappa shape index (κ2) is 25.1. The summed E-state index contributed by atoms with van der Waals surface area (Å²) in [6, 6.07) is 0. The van der Waals surface area contributed by atoms with Gasteiger partial charge in [-0.3, -0.25) is 37.6 Å². The summed E-state index contributed by atoms with van der Waals surface area (Å²) in [4.78, 5) is 29.5. The van der Waals surface area contributed by atoms with Crippen molar-refractivity contribution in [2.45, 2.75) is 13.8 Å². The molecule has 0 radical (unpaired) electrons. The number of carbonyl (C=O) groups is 2. The van der Waals surface area contributed by atoms with Gasteiger partial charge in [0.1, 0.15) is 23.3 Å². The lowest BCUT2D eigenvalue weighted by atomic mass is 10.3. The smallest absolute Gasteiger partial charge is 0.169 e. The van der Waals surface area contributed by atoms with Crippen molar-refractivity contribution in [1.29, 1.82) is 0 Å². The minimum Gasteiger partial charge on any atom is -0.314 e. The van der Waals surface area contributed by atoms with Crippen molar-refractivity contribution in [3.05, 3.63) is 0 Å². The van der Waals surface area contributed by atoms with Crippen LogP contribution in [0.2, 0.25) is 0 Å². The summed E-state index contributed by atoms with van der Waals surface area (Å²) in [5, 5.41) is 41.1. The predicted octanol–water partition coefficient (Wildman–Crippen LogP) is -2.31. The van der Waals surface area contributed by atoms with Gasteiger partial charge in [-0.25, -0.2) is 8.42 Å². The molecule has 272 valence electrons. The standard InChI is InChI=1S/2C7H14N2O2.2C6H14N2O3S/c2*1-7(10)6-8-2-4-9(11)5-3-8;2*1-11-12(10)6-7-2-4-8(9)5-3-7/h2*11H,2-6H2,1H3;2*9H,2-6H2,1H3. The minimum atomic E-state index is -1.21. The molecule has 4 heterocycles. The van der Waals surface area contributed by atoms with E-state index in [1.165, 1.54) is 34.5 Å². The van der Waals surface area contributed by atoms with Gasteiger partial charge < -0.3 is 20.8 Å². The van der Waals surface area contributed by atoms with Crippen molar-refractivity contribution >= 4 is 33.7 Å². The molecular weight excluding hydrogens is 648 g/mol. The lowest BCUT2D eigenvalue weighted by molar-refractivity contribution is -0.128. The van der Waals surface area contributed by atoms with Crippen molar-refractivity contribution in [3.63, 3.8) is 0 Å². The Bertz CT molecular complexity index is 813. The molecule has 0 aromatic carbocycles. The van der Waals surface area contributed by atoms with Gasteiger partial charge in [0.15, 0.2) is 22.2 Å². The predicted molar refractivity (Wildman–Crippen MR) is 171 cm³/mol. The van der Waals surface area contributed by atoms with Gasteiger partial charge in [0.2, 0.25) is 0 Å². The van der Waals surface area contributed by atoms with E-state index in [2.05, 4.69) is 18.2 Å². The molecular formula is C26H56N8O10S2. The van der Waals surface area contributed by atoms with Gasteiger partial charge in [0.25, 0.3) is 0 Å². The Kier molecular flexibility index (Phi) is 23.5. The maximum Gasteiger partial charge on any atom is 0.169 e. The molecule has 2 atom stereocenters. The summed E-state index contributed by atoms with van der Waals surface area (Å²) in [7, 11) is 2.86. The Morgan fingerprint density at radius 3 is 0.891 bits per heavy atom. The van der Waals surface area contributed by atoms with Gasteiger partial charge in [-0.15, -0.1) is 0 Å². The molecule has 0 aromatic heterocycles. The van der Waals surface area contributed by atoms with Crippen molar-refractivity contribution in [1.82, 2.24) is 39.9 Å². The van der Waals surface area contributed by atoms with Crippen LogP contribution in [0.15, 0.2) is 0 Å². The highest BCUT2D eigenvalue weighted by Crippen LogP contribution is 2.01. The van der Waals surface area contributed by atoms with E-state index >= 15 is 0 Å². The second-order valence-corrected chi connectivity index (χ2v) is 13.6. The van der Waals surface area contributed by atoms with Gasteiger partial charge in [-0.2, -0.15) is 20.3 Å². The van der Waals surface area contributed by atoms with Crippen molar-refractivity contribution < 1.29 is 47.2 Å². The third kappa shape index (κ3) is 21.9. The first-order valence-electron chi connectivity index (χ1n) is 15.3. The van der Waals surface area contributed by atoms with Crippen LogP contribution in [0, 0.1) is 0 Å². The molecule has 0 aromatic rings. The Hall–Kier alpha value is -0.920. The first-order chi connectivity index (χ1) is 21.8. The van der Waals surface area contributed by atoms with Gasteiger partial charge in [-0.1, -0.05) is 0 Å². The van der Waals surface area contributed by atoms with E-state index in [1.54, 1.807) is 13.8 Å². The Balaban J connectivity index is 0.000000307. The molecule has 18 nitrogen and oxygen atoms in total. The van der Waals surface area contributed by atoms with Crippen molar-refractivity contribution in [2.24, 2.45) is 0 Å². The maximum absolute atomic E-state index is 10.9. The van der Waals surface area contributed by atoms with Gasteiger partial charge in [-0.05, 0) is 13.8 Å². The summed E-state index contributed by atoms with van der Waals surface area (Å²) in [5.74, 6) is 1.25. The number of hydroxylamine groups is 8. The zero-order valence-electron chi connectivity index (χ0n) is 27.8. The fourth-order valence-electron chi connectivity index (χ4n) is 4.56. The van der Waals surface area contributed by atoms with Crippen LogP contribution >= 0.6 is 0 Å². The molecule has 4 rings (SSSR count). The van der Waals surface area contributed by atoms with E-state index in [1.807, 2.05) is 9.80 Å². The zero-order chi connectivity index (χ0) is 34.5. The normalized spacial score (nSPS) is 23.1. The van der Waals surface area contributed by atoms with Gasteiger partial charge >= 0.3 is 0 Å². The second-order valence-electron chi connectivity index (χ2n) is 11.2. The Labute approximate surface area is 278 Å². The summed E-state index contributed by atoms with van der Waals surface area (Å²) >= 11 is -2.42. The monoisotopic (exact) mass is 704 g/mol. The van der Waals surface area contributed by atoms with E-state index in [9.17, 15) is 18.0 Å². The number of ketones is 2. The molecule has 4 aliphatic rings. The third-order valence-electron chi connectivity index (χ3n) is 7.24. The molecule has 4 aliphatic heterocycles. The number of rotatable bonds is 10. The van der Waals surface area contributed by atoms with Crippen LogP contribution in [0.4, 0.5) is 0 Å². The van der Waals surface area contributed by atoms with E-state index in [0.29, 0.717) is 77.2 Å². The van der Waals surface area contributed by atoms with Crippen molar-refractivity contribution in [2.75, 3.05) is 144 Å². The highest BCUT2D eigenvalue weighted by Gasteiger charge is 2.18. The van der Waals surface area contributed by atoms with Gasteiger partial charge in [0, 0.05) is 105 Å². The molecule has 0 saturated carbocycles. The zero-order valence-corrected chi connectivity index (χ0v) is 29.4. The Morgan fingerprint density at radius 2 is 0.696 bits per heavy atom. The Morgan fingerprint density at radius 1 is 0.478 bits per heavy atom. The summed E-state index contributed by atoms with van der Waals surface area (Å²) in [6.07, 6.45) is 0. The number of Topliss-reactive ketones (excluding diaryl/α,β-unsaturated/α-hetero) is 2. The lowest BCUT2D eigenvalue weighted by Gasteiger charge is -2.29. The van der Waals surface area contributed by atoms with Crippen LogP contribution in [0.5, 0.6) is 0 Å². The van der Waals surface area contributed by atoms with Crippen LogP contribution in [-0.4, -0.2) is 224 Å². The maximum atomic E-state index is 10.9. The first kappa shape index (κ1) is 43.1. The molecule has 4 fully saturated rings. The summed E-state index contributed by atoms with van der Waals surface area (Å²) in [5.41, 5.74) is 0.